The normalized spacial score (nSPS) is 20.8. The molecule has 1 aromatic carbocycles. The molecule has 0 aromatic heterocycles. The molecule has 2 aliphatic rings. The Morgan fingerprint density at radius 3 is 2.32 bits per heavy atom. The van der Waals surface area contributed by atoms with Crippen LogP contribution in [-0.4, -0.2) is 37.8 Å². The highest BCUT2D eigenvalue weighted by molar-refractivity contribution is 7.89. The molecule has 1 saturated carbocycles. The summed E-state index contributed by atoms with van der Waals surface area (Å²) in [5.41, 5.74) is 0.507. The molecule has 1 N–H and O–H groups in total. The molecule has 6 heteroatoms. The van der Waals surface area contributed by atoms with Crippen molar-refractivity contribution in [1.82, 2.24) is 9.62 Å². The number of amides is 1. The second-order valence-electron chi connectivity index (χ2n) is 6.24. The zero-order valence-corrected chi connectivity index (χ0v) is 13.6. The molecule has 0 spiro atoms. The highest BCUT2D eigenvalue weighted by Gasteiger charge is 2.29. The zero-order valence-electron chi connectivity index (χ0n) is 12.8. The molecular formula is C16H22N2O3S. The molecule has 1 saturated heterocycles. The van der Waals surface area contributed by atoms with Gasteiger partial charge >= 0.3 is 0 Å². The first-order valence-electron chi connectivity index (χ1n) is 7.89. The van der Waals surface area contributed by atoms with Crippen LogP contribution in [0.1, 0.15) is 43.0 Å². The number of benzene rings is 1. The minimum absolute atomic E-state index is 0.135. The SMILES string of the molecule is C[C@@H](NC(=O)c1ccc(S(=O)(=O)N2CCCC2)cc1)C1CC1. The van der Waals surface area contributed by atoms with E-state index in [1.165, 1.54) is 29.3 Å². The topological polar surface area (TPSA) is 66.5 Å². The van der Waals surface area contributed by atoms with E-state index in [4.69, 9.17) is 0 Å². The third-order valence-corrected chi connectivity index (χ3v) is 6.42. The van der Waals surface area contributed by atoms with Crippen LogP contribution in [0.2, 0.25) is 0 Å². The van der Waals surface area contributed by atoms with Crippen molar-refractivity contribution < 1.29 is 13.2 Å². The lowest BCUT2D eigenvalue weighted by Gasteiger charge is -2.16. The molecule has 120 valence electrons. The standard InChI is InChI=1S/C16H22N2O3S/c1-12(13-4-5-13)17-16(19)14-6-8-15(9-7-14)22(20,21)18-10-2-3-11-18/h6-9,12-13H,2-5,10-11H2,1H3,(H,17,19)/t12-/m1/s1. The van der Waals surface area contributed by atoms with Gasteiger partial charge in [-0.2, -0.15) is 4.31 Å². The Kier molecular flexibility index (Phi) is 4.23. The van der Waals surface area contributed by atoms with Crippen molar-refractivity contribution in [3.05, 3.63) is 29.8 Å². The summed E-state index contributed by atoms with van der Waals surface area (Å²) in [7, 11) is -3.41. The van der Waals surface area contributed by atoms with Crippen LogP contribution in [-0.2, 0) is 10.0 Å². The summed E-state index contributed by atoms with van der Waals surface area (Å²) in [6.07, 6.45) is 4.18. The third kappa shape index (κ3) is 3.17. The Bertz CT molecular complexity index is 644. The largest absolute Gasteiger partial charge is 0.349 e. The lowest BCUT2D eigenvalue weighted by molar-refractivity contribution is 0.0935. The number of nitrogens with zero attached hydrogens (tertiary/aromatic N) is 1. The fourth-order valence-electron chi connectivity index (χ4n) is 2.86. The number of carbonyl (C=O) groups is 1. The summed E-state index contributed by atoms with van der Waals surface area (Å²) >= 11 is 0. The van der Waals surface area contributed by atoms with Crippen molar-refractivity contribution in [2.24, 2.45) is 5.92 Å². The van der Waals surface area contributed by atoms with Crippen LogP contribution in [0, 0.1) is 5.92 Å². The van der Waals surface area contributed by atoms with Gasteiger partial charge in [0.05, 0.1) is 4.90 Å². The molecule has 0 unspecified atom stereocenters. The van der Waals surface area contributed by atoms with E-state index in [-0.39, 0.29) is 16.8 Å². The van der Waals surface area contributed by atoms with Crippen molar-refractivity contribution in [2.75, 3.05) is 13.1 Å². The summed E-state index contributed by atoms with van der Waals surface area (Å²) < 4.78 is 26.3. The van der Waals surface area contributed by atoms with Crippen molar-refractivity contribution in [1.29, 1.82) is 0 Å². The first-order valence-corrected chi connectivity index (χ1v) is 9.33. The predicted octanol–water partition coefficient (Wildman–Crippen LogP) is 2.00. The first-order chi connectivity index (χ1) is 10.5. The van der Waals surface area contributed by atoms with Crippen LogP contribution in [0.25, 0.3) is 0 Å². The average Bonchev–Trinajstić information content (AvgIpc) is 3.21. The Balaban J connectivity index is 1.70. The maximum absolute atomic E-state index is 12.4. The molecular weight excluding hydrogens is 300 g/mol. The van der Waals surface area contributed by atoms with Crippen molar-refractivity contribution >= 4 is 15.9 Å². The maximum atomic E-state index is 12.4. The number of rotatable bonds is 5. The van der Waals surface area contributed by atoms with Gasteiger partial charge in [0.2, 0.25) is 10.0 Å². The minimum atomic E-state index is -3.41. The fourth-order valence-corrected chi connectivity index (χ4v) is 4.38. The highest BCUT2D eigenvalue weighted by atomic mass is 32.2. The van der Waals surface area contributed by atoms with Gasteiger partial charge in [0.25, 0.3) is 5.91 Å². The lowest BCUT2D eigenvalue weighted by atomic mass is 10.1. The van der Waals surface area contributed by atoms with E-state index in [2.05, 4.69) is 5.32 Å². The molecule has 1 atom stereocenters. The smallest absolute Gasteiger partial charge is 0.251 e. The molecule has 1 heterocycles. The lowest BCUT2D eigenvalue weighted by Crippen LogP contribution is -2.34. The fraction of sp³-hybridized carbons (Fsp3) is 0.562. The van der Waals surface area contributed by atoms with Gasteiger partial charge in [0.15, 0.2) is 0 Å². The molecule has 0 bridgehead atoms. The van der Waals surface area contributed by atoms with Crippen molar-refractivity contribution in [2.45, 2.75) is 43.5 Å². The van der Waals surface area contributed by atoms with E-state index < -0.39 is 10.0 Å². The van der Waals surface area contributed by atoms with Gasteiger partial charge in [0, 0.05) is 24.7 Å². The summed E-state index contributed by atoms with van der Waals surface area (Å²) in [6, 6.07) is 6.44. The Morgan fingerprint density at radius 1 is 1.18 bits per heavy atom. The summed E-state index contributed by atoms with van der Waals surface area (Å²) in [6.45, 7) is 3.19. The van der Waals surface area contributed by atoms with Gasteiger partial charge in [-0.25, -0.2) is 8.42 Å². The van der Waals surface area contributed by atoms with E-state index >= 15 is 0 Å². The number of hydrogen-bond acceptors (Lipinski definition) is 3. The van der Waals surface area contributed by atoms with Crippen LogP contribution < -0.4 is 5.32 Å². The van der Waals surface area contributed by atoms with Gasteiger partial charge in [0.1, 0.15) is 0 Å². The molecule has 3 rings (SSSR count). The third-order valence-electron chi connectivity index (χ3n) is 4.51. The Hall–Kier alpha value is -1.40. The van der Waals surface area contributed by atoms with E-state index in [1.807, 2.05) is 6.92 Å². The predicted molar refractivity (Wildman–Crippen MR) is 84.1 cm³/mol. The van der Waals surface area contributed by atoms with Gasteiger partial charge in [-0.05, 0) is 62.8 Å². The molecule has 0 radical (unpaired) electrons. The quantitative estimate of drug-likeness (QED) is 0.901. The number of nitrogens with one attached hydrogen (secondary N) is 1. The van der Waals surface area contributed by atoms with Gasteiger partial charge < -0.3 is 5.32 Å². The van der Waals surface area contributed by atoms with Crippen LogP contribution in [0.3, 0.4) is 0 Å². The highest BCUT2D eigenvalue weighted by Crippen LogP contribution is 2.32. The summed E-state index contributed by atoms with van der Waals surface area (Å²) in [5, 5.41) is 2.97. The van der Waals surface area contributed by atoms with Crippen molar-refractivity contribution in [3.63, 3.8) is 0 Å². The Labute approximate surface area is 131 Å². The number of carbonyl (C=O) groups excluding carboxylic acids is 1. The second kappa shape index (κ2) is 6.01. The van der Waals surface area contributed by atoms with E-state index in [0.717, 1.165) is 12.8 Å². The average molecular weight is 322 g/mol. The van der Waals surface area contributed by atoms with E-state index in [0.29, 0.717) is 24.6 Å². The first kappa shape index (κ1) is 15.5. The summed E-state index contributed by atoms with van der Waals surface area (Å²) in [5.74, 6) is 0.461. The molecule has 1 aliphatic carbocycles. The number of sulfonamides is 1. The van der Waals surface area contributed by atoms with Crippen LogP contribution in [0.4, 0.5) is 0 Å². The van der Waals surface area contributed by atoms with E-state index in [1.54, 1.807) is 12.1 Å². The molecule has 2 fully saturated rings. The van der Waals surface area contributed by atoms with Gasteiger partial charge in [-0.3, -0.25) is 4.79 Å². The van der Waals surface area contributed by atoms with Crippen LogP contribution >= 0.6 is 0 Å². The maximum Gasteiger partial charge on any atom is 0.251 e. The van der Waals surface area contributed by atoms with E-state index in [9.17, 15) is 13.2 Å². The van der Waals surface area contributed by atoms with Crippen LogP contribution in [0.15, 0.2) is 29.2 Å². The van der Waals surface area contributed by atoms with Gasteiger partial charge in [-0.1, -0.05) is 0 Å². The Morgan fingerprint density at radius 2 is 1.77 bits per heavy atom. The van der Waals surface area contributed by atoms with Crippen molar-refractivity contribution in [3.8, 4) is 0 Å². The molecule has 1 aromatic rings. The molecule has 1 amide bonds. The molecule has 1 aliphatic heterocycles. The minimum Gasteiger partial charge on any atom is -0.349 e. The zero-order chi connectivity index (χ0) is 15.7. The molecule has 22 heavy (non-hydrogen) atoms. The second-order valence-corrected chi connectivity index (χ2v) is 8.17. The monoisotopic (exact) mass is 322 g/mol. The molecule has 5 nitrogen and oxygen atoms in total. The van der Waals surface area contributed by atoms with Crippen LogP contribution in [0.5, 0.6) is 0 Å². The number of hydrogen-bond donors (Lipinski definition) is 1. The summed E-state index contributed by atoms with van der Waals surface area (Å²) in [4.78, 5) is 12.4. The van der Waals surface area contributed by atoms with Gasteiger partial charge in [-0.15, -0.1) is 0 Å².